The number of ether oxygens (including phenoxy) is 1. The first-order valence-electron chi connectivity index (χ1n) is 7.95. The van der Waals surface area contributed by atoms with E-state index in [2.05, 4.69) is 6.92 Å². The SMILES string of the molecule is CCCCCCCCCCCC(=O)C1CCOC1=O. The molecule has 0 bridgehead atoms. The Morgan fingerprint density at radius 3 is 2.16 bits per heavy atom. The zero-order chi connectivity index (χ0) is 13.9. The predicted octanol–water partition coefficient (Wildman–Crippen LogP) is 4.04. The second-order valence-corrected chi connectivity index (χ2v) is 5.55. The number of hydrogen-bond donors (Lipinski definition) is 0. The molecule has 1 unspecified atom stereocenters. The van der Waals surface area contributed by atoms with Crippen molar-refractivity contribution in [1.29, 1.82) is 0 Å². The van der Waals surface area contributed by atoms with Gasteiger partial charge in [-0.1, -0.05) is 58.3 Å². The Morgan fingerprint density at radius 2 is 1.63 bits per heavy atom. The molecule has 0 aromatic heterocycles. The lowest BCUT2D eigenvalue weighted by Gasteiger charge is -2.04. The van der Waals surface area contributed by atoms with E-state index in [0.717, 1.165) is 12.8 Å². The zero-order valence-electron chi connectivity index (χ0n) is 12.3. The van der Waals surface area contributed by atoms with Gasteiger partial charge in [0, 0.05) is 12.8 Å². The summed E-state index contributed by atoms with van der Waals surface area (Å²) in [5.74, 6) is -0.666. The monoisotopic (exact) mass is 268 g/mol. The molecule has 1 rings (SSSR count). The Hall–Kier alpha value is -0.860. The molecule has 0 saturated carbocycles. The standard InChI is InChI=1S/C16H28O3/c1-2-3-4-5-6-7-8-9-10-11-15(17)14-12-13-19-16(14)18/h14H,2-13H2,1H3. The number of ketones is 1. The van der Waals surface area contributed by atoms with Gasteiger partial charge < -0.3 is 4.74 Å². The summed E-state index contributed by atoms with van der Waals surface area (Å²) in [4.78, 5) is 23.0. The van der Waals surface area contributed by atoms with Crippen LogP contribution >= 0.6 is 0 Å². The van der Waals surface area contributed by atoms with E-state index < -0.39 is 5.92 Å². The van der Waals surface area contributed by atoms with Crippen molar-refractivity contribution < 1.29 is 14.3 Å². The molecule has 1 heterocycles. The molecule has 110 valence electrons. The van der Waals surface area contributed by atoms with Crippen LogP contribution in [0, 0.1) is 5.92 Å². The van der Waals surface area contributed by atoms with Gasteiger partial charge in [-0.25, -0.2) is 0 Å². The lowest BCUT2D eigenvalue weighted by atomic mass is 9.97. The molecule has 0 aromatic carbocycles. The molecule has 1 atom stereocenters. The molecule has 0 aromatic rings. The van der Waals surface area contributed by atoms with Gasteiger partial charge in [0.15, 0.2) is 0 Å². The second kappa shape index (κ2) is 9.99. The zero-order valence-corrected chi connectivity index (χ0v) is 12.3. The molecule has 0 N–H and O–H groups in total. The van der Waals surface area contributed by atoms with Crippen molar-refractivity contribution in [3.8, 4) is 0 Å². The second-order valence-electron chi connectivity index (χ2n) is 5.55. The van der Waals surface area contributed by atoms with Gasteiger partial charge in [0.2, 0.25) is 0 Å². The molecule has 1 saturated heterocycles. The first-order valence-corrected chi connectivity index (χ1v) is 7.95. The van der Waals surface area contributed by atoms with Gasteiger partial charge in [0.25, 0.3) is 0 Å². The Balaban J connectivity index is 1.90. The molecule has 0 amide bonds. The Labute approximate surface area is 117 Å². The van der Waals surface area contributed by atoms with Crippen LogP contribution in [0.5, 0.6) is 0 Å². The van der Waals surface area contributed by atoms with Crippen molar-refractivity contribution in [3.63, 3.8) is 0 Å². The summed E-state index contributed by atoms with van der Waals surface area (Å²) in [7, 11) is 0. The van der Waals surface area contributed by atoms with Gasteiger partial charge in [0.1, 0.15) is 11.7 Å². The average Bonchev–Trinajstić information content (AvgIpc) is 2.83. The summed E-state index contributed by atoms with van der Waals surface area (Å²) in [6, 6.07) is 0. The van der Waals surface area contributed by atoms with Gasteiger partial charge in [0.05, 0.1) is 6.61 Å². The highest BCUT2D eigenvalue weighted by molar-refractivity contribution is 5.99. The first kappa shape index (κ1) is 16.2. The van der Waals surface area contributed by atoms with Crippen molar-refractivity contribution in [3.05, 3.63) is 0 Å². The number of rotatable bonds is 11. The van der Waals surface area contributed by atoms with E-state index in [9.17, 15) is 9.59 Å². The van der Waals surface area contributed by atoms with Crippen molar-refractivity contribution in [2.24, 2.45) is 5.92 Å². The molecule has 1 fully saturated rings. The summed E-state index contributed by atoms with van der Waals surface area (Å²) in [5.41, 5.74) is 0. The number of hydrogen-bond acceptors (Lipinski definition) is 3. The molecule has 3 nitrogen and oxygen atoms in total. The fourth-order valence-corrected chi connectivity index (χ4v) is 2.57. The van der Waals surface area contributed by atoms with E-state index in [-0.39, 0.29) is 11.8 Å². The minimum atomic E-state index is -0.450. The van der Waals surface area contributed by atoms with E-state index in [4.69, 9.17) is 4.74 Å². The average molecular weight is 268 g/mol. The number of esters is 1. The largest absolute Gasteiger partial charge is 0.465 e. The van der Waals surface area contributed by atoms with E-state index in [0.29, 0.717) is 19.4 Å². The summed E-state index contributed by atoms with van der Waals surface area (Å²) in [5, 5.41) is 0. The Morgan fingerprint density at radius 1 is 1.05 bits per heavy atom. The van der Waals surface area contributed by atoms with E-state index in [1.807, 2.05) is 0 Å². The topological polar surface area (TPSA) is 43.4 Å². The van der Waals surface area contributed by atoms with Crippen LogP contribution in [0.15, 0.2) is 0 Å². The fraction of sp³-hybridized carbons (Fsp3) is 0.875. The number of carbonyl (C=O) groups is 2. The summed E-state index contributed by atoms with van der Waals surface area (Å²) >= 11 is 0. The van der Waals surface area contributed by atoms with Crippen LogP contribution in [0.4, 0.5) is 0 Å². The predicted molar refractivity (Wildman–Crippen MR) is 75.9 cm³/mol. The van der Waals surface area contributed by atoms with Crippen LogP contribution < -0.4 is 0 Å². The number of carbonyl (C=O) groups excluding carboxylic acids is 2. The minimum Gasteiger partial charge on any atom is -0.465 e. The van der Waals surface area contributed by atoms with Gasteiger partial charge >= 0.3 is 5.97 Å². The third kappa shape index (κ3) is 6.74. The van der Waals surface area contributed by atoms with Crippen LogP contribution in [-0.2, 0) is 14.3 Å². The number of cyclic esters (lactones) is 1. The van der Waals surface area contributed by atoms with Crippen LogP contribution in [0.1, 0.15) is 77.6 Å². The van der Waals surface area contributed by atoms with Crippen LogP contribution in [0.3, 0.4) is 0 Å². The molecule has 1 aliphatic rings. The smallest absolute Gasteiger partial charge is 0.316 e. The molecule has 0 spiro atoms. The van der Waals surface area contributed by atoms with Crippen molar-refractivity contribution >= 4 is 11.8 Å². The maximum absolute atomic E-state index is 11.8. The van der Waals surface area contributed by atoms with Crippen LogP contribution in [0.25, 0.3) is 0 Å². The highest BCUT2D eigenvalue weighted by Crippen LogP contribution is 2.19. The summed E-state index contributed by atoms with van der Waals surface area (Å²) in [6.07, 6.45) is 12.4. The molecule has 0 radical (unpaired) electrons. The van der Waals surface area contributed by atoms with E-state index >= 15 is 0 Å². The first-order chi connectivity index (χ1) is 9.25. The van der Waals surface area contributed by atoms with E-state index in [1.54, 1.807) is 0 Å². The lowest BCUT2D eigenvalue weighted by molar-refractivity contribution is -0.144. The van der Waals surface area contributed by atoms with Crippen LogP contribution in [-0.4, -0.2) is 18.4 Å². The van der Waals surface area contributed by atoms with E-state index in [1.165, 1.54) is 44.9 Å². The minimum absolute atomic E-state index is 0.0884. The van der Waals surface area contributed by atoms with Gasteiger partial charge in [-0.15, -0.1) is 0 Å². The highest BCUT2D eigenvalue weighted by Gasteiger charge is 2.32. The van der Waals surface area contributed by atoms with Crippen LogP contribution in [0.2, 0.25) is 0 Å². The maximum atomic E-state index is 11.8. The normalized spacial score (nSPS) is 18.6. The maximum Gasteiger partial charge on any atom is 0.316 e. The molecule has 0 aliphatic carbocycles. The van der Waals surface area contributed by atoms with Crippen molar-refractivity contribution in [2.75, 3.05) is 6.61 Å². The lowest BCUT2D eigenvalue weighted by Crippen LogP contribution is -2.18. The molecule has 3 heteroatoms. The van der Waals surface area contributed by atoms with Gasteiger partial charge in [-0.2, -0.15) is 0 Å². The molecule has 1 aliphatic heterocycles. The van der Waals surface area contributed by atoms with Gasteiger partial charge in [-0.3, -0.25) is 9.59 Å². The Bertz CT molecular complexity index is 273. The van der Waals surface area contributed by atoms with Crippen molar-refractivity contribution in [2.45, 2.75) is 77.6 Å². The molecule has 19 heavy (non-hydrogen) atoms. The number of Topliss-reactive ketones (excluding diaryl/α,β-unsaturated/α-hetero) is 1. The fourth-order valence-electron chi connectivity index (χ4n) is 2.57. The number of unbranched alkanes of at least 4 members (excludes halogenated alkanes) is 8. The summed E-state index contributed by atoms with van der Waals surface area (Å²) in [6.45, 7) is 2.66. The van der Waals surface area contributed by atoms with Gasteiger partial charge in [-0.05, 0) is 6.42 Å². The van der Waals surface area contributed by atoms with Crippen molar-refractivity contribution in [1.82, 2.24) is 0 Å². The summed E-state index contributed by atoms with van der Waals surface area (Å²) < 4.78 is 4.82. The quantitative estimate of drug-likeness (QED) is 0.323. The molecular formula is C16H28O3. The molecular weight excluding hydrogens is 240 g/mol. The highest BCUT2D eigenvalue weighted by atomic mass is 16.5. The Kier molecular flexibility index (Phi) is 8.52. The third-order valence-corrected chi connectivity index (χ3v) is 3.85. The third-order valence-electron chi connectivity index (χ3n) is 3.85.